The van der Waals surface area contributed by atoms with E-state index in [1.807, 2.05) is 6.92 Å². The zero-order chi connectivity index (χ0) is 26.5. The summed E-state index contributed by atoms with van der Waals surface area (Å²) in [7, 11) is -7.70. The molecule has 0 aliphatic heterocycles. The molecule has 2 aromatic carbocycles. The molecule has 1 heterocycles. The fourth-order valence-corrected chi connectivity index (χ4v) is 6.16. The number of nitriles is 1. The van der Waals surface area contributed by atoms with Gasteiger partial charge in [-0.25, -0.2) is 8.42 Å². The molecule has 0 aliphatic rings. The van der Waals surface area contributed by atoms with Gasteiger partial charge in [-0.3, -0.25) is 10.1 Å². The molecule has 0 bridgehead atoms. The summed E-state index contributed by atoms with van der Waals surface area (Å²) >= 11 is 0.690. The third kappa shape index (κ3) is 6.97. The molecular weight excluding hydrogens is 524 g/mol. The normalized spacial score (nSPS) is 12.2. The summed E-state index contributed by atoms with van der Waals surface area (Å²) in [6, 6.07) is 13.7. The molecule has 0 fully saturated rings. The molecule has 0 aliphatic carbocycles. The number of carbonyl (C=O) groups is 1. The highest BCUT2D eigenvalue weighted by atomic mass is 32.2. The van der Waals surface area contributed by atoms with E-state index in [1.165, 1.54) is 42.5 Å². The topological polar surface area (TPSA) is 156 Å². The van der Waals surface area contributed by atoms with Crippen molar-refractivity contribution in [3.05, 3.63) is 65.2 Å². The number of aromatic nitrogens is 2. The highest BCUT2D eigenvalue weighted by Gasteiger charge is 2.23. The average molecular weight is 547 g/mol. The molecule has 0 saturated carbocycles. The van der Waals surface area contributed by atoms with Crippen LogP contribution in [0.4, 0.5) is 5.13 Å². The molecule has 3 rings (SSSR count). The van der Waals surface area contributed by atoms with Crippen molar-refractivity contribution in [2.24, 2.45) is 5.92 Å². The van der Waals surface area contributed by atoms with Gasteiger partial charge in [0.05, 0.1) is 5.75 Å². The maximum Gasteiger partial charge on any atom is 0.339 e. The van der Waals surface area contributed by atoms with Crippen molar-refractivity contribution in [3.8, 4) is 11.8 Å². The highest BCUT2D eigenvalue weighted by Crippen LogP contribution is 2.22. The minimum atomic E-state index is -4.02. The van der Waals surface area contributed by atoms with E-state index in [4.69, 9.17) is 4.18 Å². The van der Waals surface area contributed by atoms with Gasteiger partial charge >= 0.3 is 10.1 Å². The fraction of sp³-hybridized carbons (Fsp3) is 0.217. The lowest BCUT2D eigenvalue weighted by Crippen LogP contribution is -2.15. The van der Waals surface area contributed by atoms with Gasteiger partial charge in [0, 0.05) is 11.5 Å². The number of nitrogens with one attached hydrogen (secondary N) is 1. The Morgan fingerprint density at radius 1 is 1.11 bits per heavy atom. The van der Waals surface area contributed by atoms with Gasteiger partial charge in [0.15, 0.2) is 0 Å². The smallest absolute Gasteiger partial charge is 0.339 e. The number of sulfone groups is 1. The van der Waals surface area contributed by atoms with Crippen LogP contribution >= 0.6 is 11.5 Å². The summed E-state index contributed by atoms with van der Waals surface area (Å²) in [5.74, 6) is -1.00. The zero-order valence-electron chi connectivity index (χ0n) is 19.5. The lowest BCUT2D eigenvalue weighted by atomic mass is 10.1. The molecular formula is C23H22N4O6S3. The summed E-state index contributed by atoms with van der Waals surface area (Å²) in [4.78, 5) is 16.4. The number of carbonyl (C=O) groups excluding carboxylic acids is 1. The molecule has 1 N–H and O–H groups in total. The maximum absolute atomic E-state index is 12.5. The number of rotatable bonds is 9. The van der Waals surface area contributed by atoms with Crippen LogP contribution in [0.3, 0.4) is 0 Å². The van der Waals surface area contributed by atoms with Gasteiger partial charge in [-0.2, -0.15) is 23.0 Å². The number of anilines is 1. The lowest BCUT2D eigenvalue weighted by molar-refractivity contribution is -0.112. The fourth-order valence-electron chi connectivity index (χ4n) is 2.88. The van der Waals surface area contributed by atoms with Gasteiger partial charge in [-0.1, -0.05) is 43.7 Å². The van der Waals surface area contributed by atoms with Crippen molar-refractivity contribution in [1.29, 1.82) is 5.26 Å². The first-order valence-corrected chi connectivity index (χ1v) is 14.3. The molecule has 13 heteroatoms. The van der Waals surface area contributed by atoms with E-state index in [0.717, 1.165) is 5.56 Å². The zero-order valence-corrected chi connectivity index (χ0v) is 21.9. The molecule has 0 spiro atoms. The number of aryl methyl sites for hydroxylation is 1. The minimum Gasteiger partial charge on any atom is -0.379 e. The van der Waals surface area contributed by atoms with Gasteiger partial charge in [0.25, 0.3) is 11.1 Å². The number of amides is 1. The van der Waals surface area contributed by atoms with E-state index in [2.05, 4.69) is 14.7 Å². The van der Waals surface area contributed by atoms with Crippen molar-refractivity contribution in [2.75, 3.05) is 11.1 Å². The van der Waals surface area contributed by atoms with Gasteiger partial charge in [0.2, 0.25) is 15.0 Å². The Morgan fingerprint density at radius 2 is 1.75 bits per heavy atom. The Hall–Kier alpha value is -3.60. The third-order valence-corrected chi connectivity index (χ3v) is 8.38. The second kappa shape index (κ2) is 11.0. The Kier molecular flexibility index (Phi) is 8.24. The quantitative estimate of drug-likeness (QED) is 0.241. The van der Waals surface area contributed by atoms with E-state index in [-0.39, 0.29) is 38.2 Å². The van der Waals surface area contributed by atoms with E-state index < -0.39 is 25.9 Å². The van der Waals surface area contributed by atoms with E-state index in [9.17, 15) is 26.9 Å². The Morgan fingerprint density at radius 3 is 2.33 bits per heavy atom. The Labute approximate surface area is 213 Å². The number of hydrogen-bond donors (Lipinski definition) is 1. The molecule has 0 radical (unpaired) electrons. The van der Waals surface area contributed by atoms with Crippen LogP contribution in [-0.2, 0) is 24.7 Å². The summed E-state index contributed by atoms with van der Waals surface area (Å²) in [5, 5.41) is 11.3. The van der Waals surface area contributed by atoms with Crippen LogP contribution in [0, 0.1) is 24.2 Å². The van der Waals surface area contributed by atoms with Gasteiger partial charge < -0.3 is 4.18 Å². The van der Waals surface area contributed by atoms with E-state index in [1.54, 1.807) is 32.0 Å². The molecule has 0 unspecified atom stereocenters. The van der Waals surface area contributed by atoms with Crippen molar-refractivity contribution in [2.45, 2.75) is 30.8 Å². The molecule has 0 saturated heterocycles. The third-order valence-electron chi connectivity index (χ3n) is 4.53. The molecule has 188 valence electrons. The van der Waals surface area contributed by atoms with Crippen LogP contribution < -0.4 is 9.50 Å². The predicted molar refractivity (Wildman–Crippen MR) is 134 cm³/mol. The second-order valence-electron chi connectivity index (χ2n) is 8.10. The van der Waals surface area contributed by atoms with Crippen LogP contribution in [0.5, 0.6) is 5.75 Å². The monoisotopic (exact) mass is 546 g/mol. The van der Waals surface area contributed by atoms with Crippen LogP contribution in [-0.4, -0.2) is 37.9 Å². The molecule has 10 nitrogen and oxygen atoms in total. The van der Waals surface area contributed by atoms with Crippen LogP contribution in [0.2, 0.25) is 0 Å². The summed E-state index contributed by atoms with van der Waals surface area (Å²) in [5.41, 5.74) is 1.06. The van der Waals surface area contributed by atoms with Crippen LogP contribution in [0.25, 0.3) is 6.08 Å². The van der Waals surface area contributed by atoms with Crippen LogP contribution in [0.15, 0.2) is 64.2 Å². The van der Waals surface area contributed by atoms with Crippen molar-refractivity contribution in [3.63, 3.8) is 0 Å². The summed E-state index contributed by atoms with van der Waals surface area (Å²) in [6.45, 7) is 5.33. The highest BCUT2D eigenvalue weighted by molar-refractivity contribution is 7.91. The summed E-state index contributed by atoms with van der Waals surface area (Å²) < 4.78 is 58.3. The second-order valence-corrected chi connectivity index (χ2v) is 12.3. The Bertz CT molecular complexity index is 1530. The first-order chi connectivity index (χ1) is 16.9. The predicted octanol–water partition coefficient (Wildman–Crippen LogP) is 3.59. The van der Waals surface area contributed by atoms with Crippen molar-refractivity contribution < 1.29 is 25.8 Å². The number of hydrogen-bond acceptors (Lipinski definition) is 10. The van der Waals surface area contributed by atoms with E-state index >= 15 is 0 Å². The molecule has 1 amide bonds. The number of nitrogens with zero attached hydrogens (tertiary/aromatic N) is 3. The van der Waals surface area contributed by atoms with Crippen molar-refractivity contribution >= 4 is 48.6 Å². The lowest BCUT2D eigenvalue weighted by Gasteiger charge is -2.07. The standard InChI is InChI=1S/C23H22N4O6S3/c1-15(2)14-35(29,30)23-26-22(34-27-23)25-21(28)18(13-24)12-17-6-8-19(9-7-17)33-36(31,32)20-10-4-16(3)5-11-20/h4-12,15H,14H2,1-3H3,(H,25,26,27,28). The van der Waals surface area contributed by atoms with Gasteiger partial charge in [0.1, 0.15) is 22.3 Å². The van der Waals surface area contributed by atoms with Crippen LogP contribution in [0.1, 0.15) is 25.0 Å². The minimum absolute atomic E-state index is 0.0114. The molecule has 3 aromatic rings. The van der Waals surface area contributed by atoms with Crippen molar-refractivity contribution in [1.82, 2.24) is 9.36 Å². The van der Waals surface area contributed by atoms with Gasteiger partial charge in [-0.15, -0.1) is 0 Å². The molecule has 0 atom stereocenters. The van der Waals surface area contributed by atoms with Gasteiger partial charge in [-0.05, 0) is 48.7 Å². The average Bonchev–Trinajstić information content (AvgIpc) is 3.27. The molecule has 36 heavy (non-hydrogen) atoms. The SMILES string of the molecule is Cc1ccc(S(=O)(=O)Oc2ccc(C=C(C#N)C(=O)Nc3nc(S(=O)(=O)CC(C)C)ns3)cc2)cc1. The first-order valence-electron chi connectivity index (χ1n) is 10.5. The maximum atomic E-state index is 12.5. The van der Waals surface area contributed by atoms with E-state index in [0.29, 0.717) is 17.1 Å². The molecule has 1 aromatic heterocycles. The number of benzene rings is 2. The Balaban J connectivity index is 1.71. The summed E-state index contributed by atoms with van der Waals surface area (Å²) in [6.07, 6.45) is 1.28. The first kappa shape index (κ1) is 27.0. The largest absolute Gasteiger partial charge is 0.379 e.